The minimum absolute atomic E-state index is 0.295. The molecule has 0 spiro atoms. The van der Waals surface area contributed by atoms with Crippen molar-refractivity contribution in [3.8, 4) is 29.0 Å². The number of nitriles is 2. The Kier molecular flexibility index (Phi) is 3.91. The fraction of sp³-hybridized carbons (Fsp3) is 0.263. The molecular weight excluding hydrogens is 286 g/mol. The van der Waals surface area contributed by atoms with Gasteiger partial charge in [0.05, 0.1) is 23.4 Å². The molecule has 0 radical (unpaired) electrons. The van der Waals surface area contributed by atoms with E-state index in [2.05, 4.69) is 12.1 Å². The van der Waals surface area contributed by atoms with Crippen LogP contribution >= 0.6 is 0 Å². The van der Waals surface area contributed by atoms with Gasteiger partial charge in [0.25, 0.3) is 0 Å². The van der Waals surface area contributed by atoms with Crippen LogP contribution in [-0.2, 0) is 0 Å². The zero-order chi connectivity index (χ0) is 16.4. The van der Waals surface area contributed by atoms with Crippen LogP contribution in [0, 0.1) is 22.7 Å². The first-order valence-corrected chi connectivity index (χ1v) is 7.69. The Morgan fingerprint density at radius 3 is 2.30 bits per heavy atom. The zero-order valence-electron chi connectivity index (χ0n) is 13.0. The Balaban J connectivity index is 2.15. The van der Waals surface area contributed by atoms with Crippen LogP contribution in [0.1, 0.15) is 42.4 Å². The molecule has 0 bridgehead atoms. The van der Waals surface area contributed by atoms with Crippen LogP contribution in [0.5, 0.6) is 5.75 Å². The number of nitrogens with zero attached hydrogens (tertiary/aromatic N) is 2. The highest BCUT2D eigenvalue weighted by Gasteiger charge is 2.29. The summed E-state index contributed by atoms with van der Waals surface area (Å²) in [4.78, 5) is 0. The van der Waals surface area contributed by atoms with Crippen LogP contribution in [0.25, 0.3) is 11.1 Å². The number of rotatable bonds is 4. The summed E-state index contributed by atoms with van der Waals surface area (Å²) in [5, 5.41) is 18.9. The summed E-state index contributed by atoms with van der Waals surface area (Å²) in [6.07, 6.45) is 2.14. The number of hydrogen-bond donors (Lipinski definition) is 1. The number of nitrogen functional groups attached to an aromatic ring is 1. The average molecular weight is 303 g/mol. The standard InChI is InChI=1S/C19H17N3O/c1-2-23-14-7-5-13(6-8-14)16-9-15(12-3-4-12)17(10-20)19(22)18(16)11-21/h5-9,12H,2-4,22H2,1H3. The molecule has 0 aromatic heterocycles. The molecule has 4 nitrogen and oxygen atoms in total. The Morgan fingerprint density at radius 2 is 1.78 bits per heavy atom. The Labute approximate surface area is 135 Å². The number of anilines is 1. The van der Waals surface area contributed by atoms with E-state index in [1.807, 2.05) is 37.3 Å². The third-order valence-corrected chi connectivity index (χ3v) is 4.11. The van der Waals surface area contributed by atoms with E-state index in [-0.39, 0.29) is 0 Å². The van der Waals surface area contributed by atoms with E-state index < -0.39 is 0 Å². The largest absolute Gasteiger partial charge is 0.494 e. The van der Waals surface area contributed by atoms with E-state index in [9.17, 15) is 10.5 Å². The third-order valence-electron chi connectivity index (χ3n) is 4.11. The van der Waals surface area contributed by atoms with E-state index >= 15 is 0 Å². The second-order valence-electron chi connectivity index (χ2n) is 5.63. The van der Waals surface area contributed by atoms with Crippen molar-refractivity contribution in [3.05, 3.63) is 47.0 Å². The summed E-state index contributed by atoms with van der Waals surface area (Å²) in [7, 11) is 0. The molecule has 0 unspecified atom stereocenters. The first-order valence-electron chi connectivity index (χ1n) is 7.69. The molecule has 1 saturated carbocycles. The van der Waals surface area contributed by atoms with Gasteiger partial charge >= 0.3 is 0 Å². The van der Waals surface area contributed by atoms with Crippen LogP contribution < -0.4 is 10.5 Å². The van der Waals surface area contributed by atoms with Crippen molar-refractivity contribution in [1.29, 1.82) is 10.5 Å². The first-order chi connectivity index (χ1) is 11.2. The molecule has 0 heterocycles. The predicted molar refractivity (Wildman–Crippen MR) is 88.9 cm³/mol. The predicted octanol–water partition coefficient (Wildman–Crippen LogP) is 3.96. The molecule has 114 valence electrons. The van der Waals surface area contributed by atoms with E-state index in [4.69, 9.17) is 10.5 Å². The Morgan fingerprint density at radius 1 is 1.13 bits per heavy atom. The molecule has 0 amide bonds. The molecule has 0 atom stereocenters. The highest BCUT2D eigenvalue weighted by molar-refractivity contribution is 5.82. The lowest BCUT2D eigenvalue weighted by Crippen LogP contribution is -2.02. The van der Waals surface area contributed by atoms with Crippen molar-refractivity contribution < 1.29 is 4.74 Å². The minimum atomic E-state index is 0.295. The average Bonchev–Trinajstić information content (AvgIpc) is 3.40. The van der Waals surface area contributed by atoms with E-state index in [1.165, 1.54) is 0 Å². The number of benzene rings is 2. The van der Waals surface area contributed by atoms with Gasteiger partial charge < -0.3 is 10.5 Å². The molecule has 4 heteroatoms. The van der Waals surface area contributed by atoms with Gasteiger partial charge in [-0.25, -0.2) is 0 Å². The number of hydrogen-bond acceptors (Lipinski definition) is 4. The fourth-order valence-electron chi connectivity index (χ4n) is 2.81. The van der Waals surface area contributed by atoms with Crippen molar-refractivity contribution in [2.75, 3.05) is 12.3 Å². The molecule has 2 aromatic carbocycles. The Hall–Kier alpha value is -2.98. The smallest absolute Gasteiger partial charge is 0.119 e. The van der Waals surface area contributed by atoms with Gasteiger partial charge in [0.2, 0.25) is 0 Å². The number of nitrogens with two attached hydrogens (primary N) is 1. The van der Waals surface area contributed by atoms with Crippen LogP contribution in [0.2, 0.25) is 0 Å². The molecule has 1 fully saturated rings. The maximum Gasteiger partial charge on any atom is 0.119 e. The van der Waals surface area contributed by atoms with Crippen LogP contribution in [0.4, 0.5) is 5.69 Å². The van der Waals surface area contributed by atoms with Gasteiger partial charge in [-0.3, -0.25) is 0 Å². The van der Waals surface area contributed by atoms with Gasteiger partial charge in [-0.1, -0.05) is 12.1 Å². The van der Waals surface area contributed by atoms with E-state index in [0.717, 1.165) is 35.3 Å². The van der Waals surface area contributed by atoms with Crippen molar-refractivity contribution in [2.24, 2.45) is 0 Å². The maximum absolute atomic E-state index is 9.50. The summed E-state index contributed by atoms with van der Waals surface area (Å²) in [5.41, 5.74) is 9.90. The van der Waals surface area contributed by atoms with Gasteiger partial charge in [0, 0.05) is 5.56 Å². The van der Waals surface area contributed by atoms with Crippen molar-refractivity contribution in [2.45, 2.75) is 25.7 Å². The van der Waals surface area contributed by atoms with Gasteiger partial charge in [0.15, 0.2) is 0 Å². The van der Waals surface area contributed by atoms with Gasteiger partial charge in [-0.15, -0.1) is 0 Å². The summed E-state index contributed by atoms with van der Waals surface area (Å²) in [5.74, 6) is 1.18. The van der Waals surface area contributed by atoms with E-state index in [1.54, 1.807) is 0 Å². The molecule has 2 aromatic rings. The summed E-state index contributed by atoms with van der Waals surface area (Å²) < 4.78 is 5.45. The second kappa shape index (κ2) is 6.02. The normalized spacial score (nSPS) is 13.2. The monoisotopic (exact) mass is 303 g/mol. The molecule has 23 heavy (non-hydrogen) atoms. The van der Waals surface area contributed by atoms with Crippen LogP contribution in [0.3, 0.4) is 0 Å². The maximum atomic E-state index is 9.50. The van der Waals surface area contributed by atoms with Crippen LogP contribution in [0.15, 0.2) is 30.3 Å². The highest BCUT2D eigenvalue weighted by Crippen LogP contribution is 2.45. The second-order valence-corrected chi connectivity index (χ2v) is 5.63. The van der Waals surface area contributed by atoms with Crippen molar-refractivity contribution >= 4 is 5.69 Å². The molecule has 2 N–H and O–H groups in total. The topological polar surface area (TPSA) is 82.8 Å². The third kappa shape index (κ3) is 2.72. The van der Waals surface area contributed by atoms with Gasteiger partial charge in [-0.05, 0) is 55.0 Å². The highest BCUT2D eigenvalue weighted by atomic mass is 16.5. The van der Waals surface area contributed by atoms with Crippen LogP contribution in [-0.4, -0.2) is 6.61 Å². The lowest BCUT2D eigenvalue weighted by molar-refractivity contribution is 0.340. The first kappa shape index (κ1) is 14.9. The van der Waals surface area contributed by atoms with E-state index in [0.29, 0.717) is 29.3 Å². The van der Waals surface area contributed by atoms with Crippen molar-refractivity contribution in [1.82, 2.24) is 0 Å². The van der Waals surface area contributed by atoms with Crippen molar-refractivity contribution in [3.63, 3.8) is 0 Å². The van der Waals surface area contributed by atoms with Gasteiger partial charge in [0.1, 0.15) is 17.9 Å². The molecule has 0 aliphatic heterocycles. The SMILES string of the molecule is CCOc1ccc(-c2cc(C3CC3)c(C#N)c(N)c2C#N)cc1. The number of ether oxygens (including phenoxy) is 1. The summed E-state index contributed by atoms with van der Waals surface area (Å²) in [6.45, 7) is 2.54. The summed E-state index contributed by atoms with van der Waals surface area (Å²) in [6, 6.07) is 13.9. The molecule has 0 saturated heterocycles. The minimum Gasteiger partial charge on any atom is -0.494 e. The molecule has 3 rings (SSSR count). The lowest BCUT2D eigenvalue weighted by Gasteiger charge is -2.13. The molecule has 1 aliphatic rings. The van der Waals surface area contributed by atoms with Gasteiger partial charge in [-0.2, -0.15) is 10.5 Å². The molecular formula is C19H17N3O. The Bertz CT molecular complexity index is 822. The quantitative estimate of drug-likeness (QED) is 0.867. The lowest BCUT2D eigenvalue weighted by atomic mass is 9.91. The fourth-order valence-corrected chi connectivity index (χ4v) is 2.81. The molecule has 1 aliphatic carbocycles. The summed E-state index contributed by atoms with van der Waals surface area (Å²) >= 11 is 0. The zero-order valence-corrected chi connectivity index (χ0v) is 13.0.